The van der Waals surface area contributed by atoms with E-state index in [1.165, 1.54) is 25.8 Å². The molecule has 0 spiro atoms. The summed E-state index contributed by atoms with van der Waals surface area (Å²) in [6, 6.07) is 1.67. The Hall–Kier alpha value is -0.0800. The highest BCUT2D eigenvalue weighted by molar-refractivity contribution is 4.94. The molecule has 3 atom stereocenters. The molecule has 0 amide bonds. The summed E-state index contributed by atoms with van der Waals surface area (Å²) in [5, 5.41) is 3.26. The second-order valence-electron chi connectivity index (χ2n) is 4.44. The van der Waals surface area contributed by atoms with E-state index in [9.17, 15) is 0 Å². The Bertz CT molecular complexity index is 158. The van der Waals surface area contributed by atoms with Crippen LogP contribution < -0.4 is 5.32 Å². The van der Waals surface area contributed by atoms with Crippen molar-refractivity contribution in [3.05, 3.63) is 0 Å². The first-order valence-electron chi connectivity index (χ1n) is 5.21. The highest BCUT2D eigenvalue weighted by Gasteiger charge is 2.39. The van der Waals surface area contributed by atoms with Crippen molar-refractivity contribution in [2.24, 2.45) is 5.92 Å². The molecule has 0 aromatic carbocycles. The van der Waals surface area contributed by atoms with Gasteiger partial charge in [-0.2, -0.15) is 0 Å². The Morgan fingerprint density at radius 3 is 2.83 bits per heavy atom. The Labute approximate surface area is 75.3 Å². The van der Waals surface area contributed by atoms with Gasteiger partial charge in [0.15, 0.2) is 0 Å². The van der Waals surface area contributed by atoms with Crippen molar-refractivity contribution in [1.82, 2.24) is 10.2 Å². The molecule has 1 saturated heterocycles. The second kappa shape index (κ2) is 3.35. The Balaban J connectivity index is 1.89. The summed E-state index contributed by atoms with van der Waals surface area (Å²) in [5.74, 6) is 1.04. The third kappa shape index (κ3) is 1.38. The van der Waals surface area contributed by atoms with Gasteiger partial charge in [0, 0.05) is 25.2 Å². The minimum atomic E-state index is 0.741. The molecule has 70 valence electrons. The van der Waals surface area contributed by atoms with Crippen molar-refractivity contribution in [1.29, 1.82) is 0 Å². The van der Waals surface area contributed by atoms with Gasteiger partial charge in [-0.1, -0.05) is 0 Å². The summed E-state index contributed by atoms with van der Waals surface area (Å²) >= 11 is 0. The molecule has 1 aliphatic carbocycles. The van der Waals surface area contributed by atoms with Crippen LogP contribution in [0.25, 0.3) is 0 Å². The smallest absolute Gasteiger partial charge is 0.0195 e. The van der Waals surface area contributed by atoms with E-state index in [-0.39, 0.29) is 0 Å². The van der Waals surface area contributed by atoms with Crippen molar-refractivity contribution in [2.45, 2.75) is 38.3 Å². The topological polar surface area (TPSA) is 15.3 Å². The second-order valence-corrected chi connectivity index (χ2v) is 4.44. The molecule has 2 bridgehead atoms. The normalized spacial score (nSPS) is 37.5. The molecule has 1 saturated carbocycles. The first-order chi connectivity index (χ1) is 5.81. The zero-order chi connectivity index (χ0) is 8.55. The van der Waals surface area contributed by atoms with Crippen LogP contribution in [0, 0.1) is 5.92 Å². The summed E-state index contributed by atoms with van der Waals surface area (Å²) in [6.07, 6.45) is 4.43. The zero-order valence-corrected chi connectivity index (χ0v) is 8.21. The monoisotopic (exact) mass is 168 g/mol. The van der Waals surface area contributed by atoms with Crippen LogP contribution in [0.15, 0.2) is 0 Å². The number of nitrogens with zero attached hydrogens (tertiary/aromatic N) is 1. The maximum absolute atomic E-state index is 3.26. The molecule has 3 unspecified atom stereocenters. The lowest BCUT2D eigenvalue weighted by molar-refractivity contribution is 0.158. The van der Waals surface area contributed by atoms with E-state index in [1.54, 1.807) is 0 Å². The average Bonchev–Trinajstić information content (AvgIpc) is 2.64. The van der Waals surface area contributed by atoms with Gasteiger partial charge >= 0.3 is 0 Å². The summed E-state index contributed by atoms with van der Waals surface area (Å²) in [4.78, 5) is 2.70. The number of fused-ring (bicyclic) bond motifs is 2. The van der Waals surface area contributed by atoms with Crippen LogP contribution in [-0.4, -0.2) is 37.1 Å². The highest BCUT2D eigenvalue weighted by atomic mass is 15.2. The third-order valence-electron chi connectivity index (χ3n) is 3.52. The molecule has 2 nitrogen and oxygen atoms in total. The molecule has 1 heterocycles. The molecule has 1 aliphatic heterocycles. The fourth-order valence-electron chi connectivity index (χ4n) is 2.92. The van der Waals surface area contributed by atoms with Crippen molar-refractivity contribution in [3.8, 4) is 0 Å². The van der Waals surface area contributed by atoms with Gasteiger partial charge in [0.05, 0.1) is 0 Å². The lowest BCUT2D eigenvalue weighted by Crippen LogP contribution is -2.43. The quantitative estimate of drug-likeness (QED) is 0.678. The standard InChI is InChI=1S/C10H20N2/c1-8(6-11-2)12-7-9-3-4-10(12)5-9/h8-11H,3-7H2,1-2H3. The number of piperidine rings is 1. The van der Waals surface area contributed by atoms with E-state index in [1.807, 2.05) is 7.05 Å². The van der Waals surface area contributed by atoms with Crippen LogP contribution in [0.4, 0.5) is 0 Å². The van der Waals surface area contributed by atoms with E-state index in [0.29, 0.717) is 0 Å². The van der Waals surface area contributed by atoms with Gasteiger partial charge in [0.2, 0.25) is 0 Å². The lowest BCUT2D eigenvalue weighted by atomic mass is 10.1. The van der Waals surface area contributed by atoms with Crippen molar-refractivity contribution in [3.63, 3.8) is 0 Å². The zero-order valence-electron chi connectivity index (χ0n) is 8.21. The third-order valence-corrected chi connectivity index (χ3v) is 3.52. The van der Waals surface area contributed by atoms with Crippen LogP contribution in [0.2, 0.25) is 0 Å². The number of nitrogens with one attached hydrogen (secondary N) is 1. The minimum absolute atomic E-state index is 0.741. The number of likely N-dealkylation sites (tertiary alicyclic amines) is 1. The molecular weight excluding hydrogens is 148 g/mol. The van der Waals surface area contributed by atoms with Crippen molar-refractivity contribution >= 4 is 0 Å². The lowest BCUT2D eigenvalue weighted by Gasteiger charge is -2.32. The average molecular weight is 168 g/mol. The molecule has 2 rings (SSSR count). The van der Waals surface area contributed by atoms with Crippen LogP contribution in [0.1, 0.15) is 26.2 Å². The van der Waals surface area contributed by atoms with Crippen molar-refractivity contribution in [2.75, 3.05) is 20.1 Å². The fourth-order valence-corrected chi connectivity index (χ4v) is 2.92. The van der Waals surface area contributed by atoms with Crippen LogP contribution >= 0.6 is 0 Å². The molecule has 0 aromatic rings. The molecule has 2 aliphatic rings. The fraction of sp³-hybridized carbons (Fsp3) is 1.00. The van der Waals surface area contributed by atoms with Gasteiger partial charge in [-0.05, 0) is 39.2 Å². The molecular formula is C10H20N2. The molecule has 0 radical (unpaired) electrons. The SMILES string of the molecule is CNCC(C)N1CC2CCC1C2. The van der Waals surface area contributed by atoms with Gasteiger partial charge < -0.3 is 5.32 Å². The van der Waals surface area contributed by atoms with E-state index in [4.69, 9.17) is 0 Å². The number of likely N-dealkylation sites (N-methyl/N-ethyl adjacent to an activating group) is 1. The first-order valence-corrected chi connectivity index (χ1v) is 5.21. The molecule has 2 heteroatoms. The minimum Gasteiger partial charge on any atom is -0.318 e. The van der Waals surface area contributed by atoms with E-state index < -0.39 is 0 Å². The number of hydrogen-bond donors (Lipinski definition) is 1. The van der Waals surface area contributed by atoms with Gasteiger partial charge in [0.1, 0.15) is 0 Å². The Morgan fingerprint density at radius 1 is 1.50 bits per heavy atom. The molecule has 12 heavy (non-hydrogen) atoms. The number of hydrogen-bond acceptors (Lipinski definition) is 2. The highest BCUT2D eigenvalue weighted by Crippen LogP contribution is 2.38. The summed E-state index contributed by atoms with van der Waals surface area (Å²) in [6.45, 7) is 4.86. The van der Waals surface area contributed by atoms with Crippen LogP contribution in [0.3, 0.4) is 0 Å². The van der Waals surface area contributed by atoms with E-state index in [2.05, 4.69) is 17.1 Å². The maximum atomic E-state index is 3.26. The predicted octanol–water partition coefficient (Wildman–Crippen LogP) is 1.08. The summed E-state index contributed by atoms with van der Waals surface area (Å²) in [5.41, 5.74) is 0. The predicted molar refractivity (Wildman–Crippen MR) is 51.2 cm³/mol. The van der Waals surface area contributed by atoms with Gasteiger partial charge in [0.25, 0.3) is 0 Å². The Kier molecular flexibility index (Phi) is 2.37. The van der Waals surface area contributed by atoms with E-state index >= 15 is 0 Å². The Morgan fingerprint density at radius 2 is 2.33 bits per heavy atom. The largest absolute Gasteiger partial charge is 0.318 e. The van der Waals surface area contributed by atoms with Crippen molar-refractivity contribution < 1.29 is 0 Å². The summed E-state index contributed by atoms with van der Waals surface area (Å²) in [7, 11) is 2.05. The van der Waals surface area contributed by atoms with E-state index in [0.717, 1.165) is 24.5 Å². The van der Waals surface area contributed by atoms with Gasteiger partial charge in [-0.15, -0.1) is 0 Å². The van der Waals surface area contributed by atoms with Crippen LogP contribution in [-0.2, 0) is 0 Å². The van der Waals surface area contributed by atoms with Gasteiger partial charge in [-0.25, -0.2) is 0 Å². The number of rotatable bonds is 3. The first kappa shape index (κ1) is 8.52. The summed E-state index contributed by atoms with van der Waals surface area (Å²) < 4.78 is 0. The molecule has 2 fully saturated rings. The van der Waals surface area contributed by atoms with Crippen LogP contribution in [0.5, 0.6) is 0 Å². The maximum Gasteiger partial charge on any atom is 0.0195 e. The molecule has 1 N–H and O–H groups in total. The molecule has 0 aromatic heterocycles. The van der Waals surface area contributed by atoms with Gasteiger partial charge in [-0.3, -0.25) is 4.90 Å².